The van der Waals surface area contributed by atoms with Gasteiger partial charge in [0.2, 0.25) is 0 Å². The van der Waals surface area contributed by atoms with Crippen molar-refractivity contribution < 1.29 is 42.8 Å². The van der Waals surface area contributed by atoms with Crippen molar-refractivity contribution in [1.29, 1.82) is 0 Å². The summed E-state index contributed by atoms with van der Waals surface area (Å²) in [5.41, 5.74) is 0.967. The average Bonchev–Trinajstić information content (AvgIpc) is 2.85. The molecule has 1 heterocycles. The van der Waals surface area contributed by atoms with Crippen molar-refractivity contribution in [2.24, 2.45) is 5.41 Å². The van der Waals surface area contributed by atoms with E-state index >= 15 is 0 Å². The van der Waals surface area contributed by atoms with Crippen LogP contribution < -0.4 is 0 Å². The van der Waals surface area contributed by atoms with E-state index in [4.69, 9.17) is 28.4 Å². The maximum atomic E-state index is 13.2. The number of carbonyl (C=O) groups excluding carboxylic acids is 1. The number of unbranched alkanes of at least 4 members (excludes halogenated alkanes) is 1. The molecular weight excluding hydrogens is 511 g/mol. The van der Waals surface area contributed by atoms with Crippen LogP contribution in [0.25, 0.3) is 0 Å². The Kier molecular flexibility index (Phi) is 14.7. The summed E-state index contributed by atoms with van der Waals surface area (Å²) in [5, 5.41) is 19.7. The van der Waals surface area contributed by atoms with Gasteiger partial charge in [-0.1, -0.05) is 35.5 Å². The van der Waals surface area contributed by atoms with Crippen LogP contribution in [-0.4, -0.2) is 73.9 Å². The molecule has 1 saturated heterocycles. The lowest BCUT2D eigenvalue weighted by Gasteiger charge is -2.46. The van der Waals surface area contributed by atoms with Gasteiger partial charge < -0.3 is 33.5 Å². The Morgan fingerprint density at radius 1 is 1.18 bits per heavy atom. The SMILES string of the molecule is CCOC(=O)[C@@](C)(C/C=C(C)/C=C/CC/C=C(\C)CO)[C@H]1C[C@@H](CC(O)CP(=O)(OC)OC)OC(C)(C)O1. The van der Waals surface area contributed by atoms with Crippen molar-refractivity contribution >= 4 is 13.6 Å². The van der Waals surface area contributed by atoms with Gasteiger partial charge in [-0.05, 0) is 60.8 Å². The first-order valence-corrected chi connectivity index (χ1v) is 15.0. The topological polar surface area (TPSA) is 121 Å². The molecule has 0 amide bonds. The molecule has 4 atom stereocenters. The largest absolute Gasteiger partial charge is 0.465 e. The van der Waals surface area contributed by atoms with Gasteiger partial charge in [0.15, 0.2) is 5.79 Å². The van der Waals surface area contributed by atoms with E-state index in [-0.39, 0.29) is 31.8 Å². The summed E-state index contributed by atoms with van der Waals surface area (Å²) in [5.74, 6) is -1.37. The second kappa shape index (κ2) is 16.1. The number of hydrogen-bond acceptors (Lipinski definition) is 9. The Bertz CT molecular complexity index is 872. The van der Waals surface area contributed by atoms with Gasteiger partial charge in [0.05, 0.1) is 43.1 Å². The van der Waals surface area contributed by atoms with Gasteiger partial charge in [0.1, 0.15) is 0 Å². The quantitative estimate of drug-likeness (QED) is 0.0850. The number of aliphatic hydroxyl groups is 2. The molecule has 0 bridgehead atoms. The molecule has 1 unspecified atom stereocenters. The molecule has 0 radical (unpaired) electrons. The first-order valence-electron chi connectivity index (χ1n) is 13.2. The molecule has 10 heteroatoms. The van der Waals surface area contributed by atoms with Gasteiger partial charge in [-0.25, -0.2) is 0 Å². The summed E-state index contributed by atoms with van der Waals surface area (Å²) in [6, 6.07) is 0. The van der Waals surface area contributed by atoms with Crippen LogP contribution in [0.3, 0.4) is 0 Å². The lowest BCUT2D eigenvalue weighted by Crippen LogP contribution is -2.54. The third-order valence-electron chi connectivity index (χ3n) is 6.64. The normalized spacial score (nSPS) is 23.3. The van der Waals surface area contributed by atoms with Gasteiger partial charge in [-0.15, -0.1) is 0 Å². The molecule has 1 aliphatic heterocycles. The van der Waals surface area contributed by atoms with Crippen molar-refractivity contribution in [1.82, 2.24) is 0 Å². The number of esters is 1. The Labute approximate surface area is 228 Å². The number of rotatable bonds is 16. The fourth-order valence-corrected chi connectivity index (χ4v) is 5.46. The summed E-state index contributed by atoms with van der Waals surface area (Å²) < 4.78 is 40.2. The molecule has 9 nitrogen and oxygen atoms in total. The Balaban J connectivity index is 3.05. The van der Waals surface area contributed by atoms with E-state index in [1.807, 2.05) is 39.0 Å². The van der Waals surface area contributed by atoms with Crippen molar-refractivity contribution in [2.75, 3.05) is 33.6 Å². The van der Waals surface area contributed by atoms with Crippen LogP contribution in [0.1, 0.15) is 73.6 Å². The third kappa shape index (κ3) is 11.4. The summed E-state index contributed by atoms with van der Waals surface area (Å²) in [4.78, 5) is 13.2. The maximum Gasteiger partial charge on any atom is 0.332 e. The fraction of sp³-hybridized carbons (Fsp3) is 0.750. The molecule has 0 aromatic carbocycles. The number of ether oxygens (including phenoxy) is 3. The minimum absolute atomic E-state index is 0.0705. The summed E-state index contributed by atoms with van der Waals surface area (Å²) >= 11 is 0. The van der Waals surface area contributed by atoms with E-state index in [1.165, 1.54) is 14.2 Å². The molecule has 0 aromatic rings. The van der Waals surface area contributed by atoms with E-state index < -0.39 is 37.1 Å². The van der Waals surface area contributed by atoms with Crippen LogP contribution >= 0.6 is 7.60 Å². The van der Waals surface area contributed by atoms with E-state index in [0.717, 1.165) is 24.0 Å². The Morgan fingerprint density at radius 3 is 2.42 bits per heavy atom. The standard InChI is InChI=1S/C28H49O9P/c1-9-35-26(31)28(6,16-15-21(2)13-11-10-12-14-22(3)19-29)25-18-24(36-27(4,5)37-25)17-23(30)20-38(32,33-7)34-8/h11,13-15,23-25,29-30H,9-10,12,16-20H2,1-8H3/b13-11+,21-15+,22-14+/t23?,24-,25-,28+/m1/s1. The van der Waals surface area contributed by atoms with Crippen molar-refractivity contribution in [3.63, 3.8) is 0 Å². The zero-order valence-corrected chi connectivity index (χ0v) is 25.3. The van der Waals surface area contributed by atoms with E-state index in [0.29, 0.717) is 12.8 Å². The first kappa shape index (κ1) is 34.7. The van der Waals surface area contributed by atoms with E-state index in [2.05, 4.69) is 6.08 Å². The average molecular weight is 561 g/mol. The minimum Gasteiger partial charge on any atom is -0.465 e. The molecule has 1 rings (SSSR count). The molecule has 0 saturated carbocycles. The van der Waals surface area contributed by atoms with Crippen LogP contribution in [0.2, 0.25) is 0 Å². The summed E-state index contributed by atoms with van der Waals surface area (Å²) in [7, 11) is -0.824. The second-order valence-corrected chi connectivity index (χ2v) is 12.8. The first-order chi connectivity index (χ1) is 17.7. The third-order valence-corrected chi connectivity index (χ3v) is 8.62. The van der Waals surface area contributed by atoms with Gasteiger partial charge in [-0.2, -0.15) is 0 Å². The molecule has 1 fully saturated rings. The van der Waals surface area contributed by atoms with Crippen LogP contribution in [-0.2, 0) is 32.6 Å². The number of hydrogen-bond donors (Lipinski definition) is 2. The van der Waals surface area contributed by atoms with Gasteiger partial charge in [0, 0.05) is 27.1 Å². The highest BCUT2D eigenvalue weighted by atomic mass is 31.2. The molecule has 220 valence electrons. The summed E-state index contributed by atoms with van der Waals surface area (Å²) in [6.45, 7) is 11.4. The number of aliphatic hydroxyl groups excluding tert-OH is 2. The predicted molar refractivity (Wildman–Crippen MR) is 148 cm³/mol. The highest BCUT2D eigenvalue weighted by Crippen LogP contribution is 2.48. The lowest BCUT2D eigenvalue weighted by molar-refractivity contribution is -0.318. The zero-order chi connectivity index (χ0) is 29.0. The van der Waals surface area contributed by atoms with Crippen LogP contribution in [0, 0.1) is 5.41 Å². The predicted octanol–water partition coefficient (Wildman–Crippen LogP) is 5.31. The number of allylic oxidation sites excluding steroid dienone is 5. The van der Waals surface area contributed by atoms with Gasteiger partial charge >= 0.3 is 13.6 Å². The molecule has 2 N–H and O–H groups in total. The van der Waals surface area contributed by atoms with Crippen molar-refractivity contribution in [2.45, 2.75) is 97.7 Å². The molecule has 38 heavy (non-hydrogen) atoms. The minimum atomic E-state index is -3.39. The van der Waals surface area contributed by atoms with Crippen LogP contribution in [0.5, 0.6) is 0 Å². The van der Waals surface area contributed by atoms with Gasteiger partial charge in [-0.3, -0.25) is 9.36 Å². The zero-order valence-electron chi connectivity index (χ0n) is 24.4. The Morgan fingerprint density at radius 2 is 1.84 bits per heavy atom. The molecule has 1 aliphatic rings. The lowest BCUT2D eigenvalue weighted by atomic mass is 9.76. The maximum absolute atomic E-state index is 13.2. The van der Waals surface area contributed by atoms with Crippen LogP contribution in [0.4, 0.5) is 0 Å². The Hall–Kier alpha value is -1.32. The van der Waals surface area contributed by atoms with E-state index in [1.54, 1.807) is 20.8 Å². The molecule has 0 aliphatic carbocycles. The van der Waals surface area contributed by atoms with Crippen molar-refractivity contribution in [3.05, 3.63) is 35.5 Å². The molecule has 0 aromatic heterocycles. The van der Waals surface area contributed by atoms with Crippen LogP contribution in [0.15, 0.2) is 35.5 Å². The molecular formula is C28H49O9P. The highest BCUT2D eigenvalue weighted by molar-refractivity contribution is 7.53. The van der Waals surface area contributed by atoms with E-state index in [9.17, 15) is 14.5 Å². The monoisotopic (exact) mass is 560 g/mol. The summed E-state index contributed by atoms with van der Waals surface area (Å²) in [6.07, 6.45) is 8.58. The number of carbonyl (C=O) groups is 1. The van der Waals surface area contributed by atoms with Gasteiger partial charge in [0.25, 0.3) is 0 Å². The van der Waals surface area contributed by atoms with Crippen molar-refractivity contribution in [3.8, 4) is 0 Å². The second-order valence-electron chi connectivity index (χ2n) is 10.5. The molecule has 0 spiro atoms. The fourth-order valence-electron chi connectivity index (χ4n) is 4.34. The smallest absolute Gasteiger partial charge is 0.332 e. The highest BCUT2D eigenvalue weighted by Gasteiger charge is 2.49.